The summed E-state index contributed by atoms with van der Waals surface area (Å²) in [6.45, 7) is -0.255. The van der Waals surface area contributed by atoms with E-state index >= 15 is 0 Å². The molecule has 3 aromatic carbocycles. The Morgan fingerprint density at radius 2 is 1.63 bits per heavy atom. The highest BCUT2D eigenvalue weighted by molar-refractivity contribution is 7.92. The van der Waals surface area contributed by atoms with Crippen molar-refractivity contribution in [3.8, 4) is 5.75 Å². The molecule has 1 amide bonds. The number of hydrogen-bond acceptors (Lipinski definition) is 6. The van der Waals surface area contributed by atoms with Crippen LogP contribution in [0.15, 0.2) is 76.5 Å². The average molecular weight is 632 g/mol. The molecule has 1 saturated heterocycles. The van der Waals surface area contributed by atoms with Crippen LogP contribution in [0.1, 0.15) is 18.4 Å². The molecule has 0 aliphatic carbocycles. The van der Waals surface area contributed by atoms with E-state index in [1.807, 2.05) is 0 Å². The number of halogens is 4. The molecular formula is C26H25ClF3N3O6S2. The van der Waals surface area contributed by atoms with Gasteiger partial charge in [0.05, 0.1) is 38.9 Å². The van der Waals surface area contributed by atoms with Crippen LogP contribution in [-0.2, 0) is 31.0 Å². The van der Waals surface area contributed by atoms with E-state index in [1.165, 1.54) is 53.9 Å². The molecule has 0 bridgehead atoms. The minimum absolute atomic E-state index is 0.0677. The van der Waals surface area contributed by atoms with Gasteiger partial charge in [0.2, 0.25) is 15.9 Å². The summed E-state index contributed by atoms with van der Waals surface area (Å²) in [4.78, 5) is 12.8. The highest BCUT2D eigenvalue weighted by Crippen LogP contribution is 2.38. The van der Waals surface area contributed by atoms with E-state index in [0.29, 0.717) is 36.3 Å². The van der Waals surface area contributed by atoms with Gasteiger partial charge in [-0.15, -0.1) is 0 Å². The Morgan fingerprint density at radius 1 is 0.976 bits per heavy atom. The van der Waals surface area contributed by atoms with Crippen LogP contribution >= 0.6 is 11.6 Å². The molecule has 1 heterocycles. The Hall–Kier alpha value is -3.33. The van der Waals surface area contributed by atoms with Crippen LogP contribution in [0.4, 0.5) is 24.5 Å². The highest BCUT2D eigenvalue weighted by atomic mass is 35.5. The van der Waals surface area contributed by atoms with Crippen LogP contribution in [0.25, 0.3) is 0 Å². The van der Waals surface area contributed by atoms with E-state index in [0.717, 1.165) is 12.1 Å². The van der Waals surface area contributed by atoms with Gasteiger partial charge in [0, 0.05) is 13.1 Å². The topological polar surface area (TPSA) is 113 Å². The van der Waals surface area contributed by atoms with Crippen LogP contribution in [-0.4, -0.2) is 53.8 Å². The van der Waals surface area contributed by atoms with Crippen LogP contribution in [0.2, 0.25) is 5.02 Å². The molecule has 3 aromatic rings. The Balaban J connectivity index is 1.71. The number of alkyl halides is 3. The molecule has 1 aliphatic heterocycles. The molecule has 15 heteroatoms. The first-order chi connectivity index (χ1) is 19.2. The summed E-state index contributed by atoms with van der Waals surface area (Å²) in [5, 5.41) is 1.79. The summed E-state index contributed by atoms with van der Waals surface area (Å²) < 4.78 is 101. The zero-order valence-electron chi connectivity index (χ0n) is 21.6. The van der Waals surface area contributed by atoms with Gasteiger partial charge in [-0.05, 0) is 61.4 Å². The van der Waals surface area contributed by atoms with E-state index in [-0.39, 0.29) is 21.2 Å². The third kappa shape index (κ3) is 6.61. The van der Waals surface area contributed by atoms with Crippen molar-refractivity contribution in [2.24, 2.45) is 0 Å². The van der Waals surface area contributed by atoms with Gasteiger partial charge in [0.15, 0.2) is 0 Å². The van der Waals surface area contributed by atoms with E-state index in [9.17, 15) is 34.8 Å². The largest absolute Gasteiger partial charge is 0.495 e. The summed E-state index contributed by atoms with van der Waals surface area (Å²) in [6.07, 6.45) is -3.47. The maximum Gasteiger partial charge on any atom is 0.417 e. The van der Waals surface area contributed by atoms with Crippen LogP contribution in [0.5, 0.6) is 5.75 Å². The molecule has 0 spiro atoms. The highest BCUT2D eigenvalue weighted by Gasteiger charge is 2.36. The van der Waals surface area contributed by atoms with Crippen molar-refractivity contribution in [1.82, 2.24) is 4.31 Å². The van der Waals surface area contributed by atoms with E-state index in [2.05, 4.69) is 5.32 Å². The average Bonchev–Trinajstić information content (AvgIpc) is 3.48. The van der Waals surface area contributed by atoms with Gasteiger partial charge in [0.25, 0.3) is 10.0 Å². The van der Waals surface area contributed by atoms with Crippen LogP contribution < -0.4 is 14.4 Å². The van der Waals surface area contributed by atoms with Crippen LogP contribution in [0.3, 0.4) is 0 Å². The molecule has 220 valence electrons. The minimum Gasteiger partial charge on any atom is -0.495 e. The third-order valence-electron chi connectivity index (χ3n) is 6.31. The van der Waals surface area contributed by atoms with Crippen molar-refractivity contribution < 1.29 is 39.5 Å². The zero-order valence-corrected chi connectivity index (χ0v) is 23.9. The fraction of sp³-hybridized carbons (Fsp3) is 0.269. The number of nitrogens with one attached hydrogen (secondary N) is 1. The predicted octanol–water partition coefficient (Wildman–Crippen LogP) is 4.99. The number of methoxy groups -OCH3 is 1. The molecule has 4 rings (SSSR count). The third-order valence-corrected chi connectivity index (χ3v) is 10.3. The monoisotopic (exact) mass is 631 g/mol. The number of nitrogens with zero attached hydrogens (tertiary/aromatic N) is 2. The Bertz CT molecular complexity index is 1650. The lowest BCUT2D eigenvalue weighted by molar-refractivity contribution is -0.137. The summed E-state index contributed by atoms with van der Waals surface area (Å²) in [5.41, 5.74) is -1.81. The zero-order chi connectivity index (χ0) is 30.0. The number of carbonyl (C=O) groups is 1. The summed E-state index contributed by atoms with van der Waals surface area (Å²) in [5.74, 6) is -0.885. The quantitative estimate of drug-likeness (QED) is 0.356. The first-order valence-electron chi connectivity index (χ1n) is 12.2. The van der Waals surface area contributed by atoms with E-state index < -0.39 is 54.9 Å². The van der Waals surface area contributed by atoms with Gasteiger partial charge in [-0.2, -0.15) is 17.5 Å². The second-order valence-electron chi connectivity index (χ2n) is 9.01. The Labute approximate surface area is 240 Å². The fourth-order valence-corrected chi connectivity index (χ4v) is 7.47. The van der Waals surface area contributed by atoms with Crippen molar-refractivity contribution in [1.29, 1.82) is 0 Å². The number of hydrogen-bond donors (Lipinski definition) is 1. The minimum atomic E-state index is -4.90. The van der Waals surface area contributed by atoms with Crippen molar-refractivity contribution in [3.05, 3.63) is 77.3 Å². The van der Waals surface area contributed by atoms with Crippen molar-refractivity contribution in [2.45, 2.75) is 28.8 Å². The molecule has 9 nitrogen and oxygen atoms in total. The number of carbonyl (C=O) groups excluding carboxylic acids is 1. The van der Waals surface area contributed by atoms with Gasteiger partial charge in [0.1, 0.15) is 12.3 Å². The molecular weight excluding hydrogens is 607 g/mol. The van der Waals surface area contributed by atoms with Gasteiger partial charge >= 0.3 is 6.18 Å². The van der Waals surface area contributed by atoms with E-state index in [4.69, 9.17) is 16.3 Å². The molecule has 41 heavy (non-hydrogen) atoms. The maximum atomic E-state index is 13.6. The number of anilines is 2. The molecule has 0 unspecified atom stereocenters. The smallest absolute Gasteiger partial charge is 0.417 e. The van der Waals surface area contributed by atoms with E-state index in [1.54, 1.807) is 6.07 Å². The first kappa shape index (κ1) is 30.6. The number of rotatable bonds is 9. The Kier molecular flexibility index (Phi) is 8.87. The Morgan fingerprint density at radius 3 is 2.24 bits per heavy atom. The molecule has 0 aromatic heterocycles. The maximum absolute atomic E-state index is 13.6. The number of benzene rings is 3. The van der Waals surface area contributed by atoms with Gasteiger partial charge in [-0.25, -0.2) is 16.8 Å². The normalized spacial score (nSPS) is 14.6. The molecule has 0 saturated carbocycles. The lowest BCUT2D eigenvalue weighted by Gasteiger charge is -2.25. The molecule has 0 atom stereocenters. The molecule has 1 N–H and O–H groups in total. The number of ether oxygens (including phenoxy) is 1. The van der Waals surface area contributed by atoms with Crippen LogP contribution in [0, 0.1) is 0 Å². The summed E-state index contributed by atoms with van der Waals surface area (Å²) in [7, 11) is -7.13. The first-order valence-corrected chi connectivity index (χ1v) is 15.4. The van der Waals surface area contributed by atoms with Crippen molar-refractivity contribution >= 4 is 48.9 Å². The second-order valence-corrected chi connectivity index (χ2v) is 13.2. The standard InChI is InChI=1S/C26H25ClF3N3O6S2/c1-39-24-12-10-20(40(35,36)32-13-5-6-14-32)16-23(24)31-25(34)17-33(41(37,38)19-7-3-2-4-8-19)18-9-11-22(27)21(15-18)26(28,29)30/h2-4,7-12,15-16H,5-6,13-14,17H2,1H3,(H,31,34). The fourth-order valence-electron chi connectivity index (χ4n) is 4.26. The lowest BCUT2D eigenvalue weighted by atomic mass is 10.2. The number of amides is 1. The van der Waals surface area contributed by atoms with Gasteiger partial charge in [-0.3, -0.25) is 9.10 Å². The lowest BCUT2D eigenvalue weighted by Crippen LogP contribution is -2.38. The number of sulfonamides is 2. The van der Waals surface area contributed by atoms with Crippen molar-refractivity contribution in [3.63, 3.8) is 0 Å². The SMILES string of the molecule is COc1ccc(S(=O)(=O)N2CCCC2)cc1NC(=O)CN(c1ccc(Cl)c(C(F)(F)F)c1)S(=O)(=O)c1ccccc1. The van der Waals surface area contributed by atoms with Gasteiger partial charge < -0.3 is 10.1 Å². The predicted molar refractivity (Wildman–Crippen MR) is 147 cm³/mol. The summed E-state index contributed by atoms with van der Waals surface area (Å²) >= 11 is 5.73. The molecule has 0 radical (unpaired) electrons. The van der Waals surface area contributed by atoms with Crippen molar-refractivity contribution in [2.75, 3.05) is 36.4 Å². The van der Waals surface area contributed by atoms with Gasteiger partial charge in [-0.1, -0.05) is 29.8 Å². The second kappa shape index (κ2) is 11.9. The molecule has 1 aliphatic rings. The molecule has 1 fully saturated rings. The summed E-state index contributed by atoms with van der Waals surface area (Å²) in [6, 6.07) is 13.2.